The zero-order chi connectivity index (χ0) is 14.5. The predicted molar refractivity (Wildman–Crippen MR) is 88.5 cm³/mol. The summed E-state index contributed by atoms with van der Waals surface area (Å²) in [6.07, 6.45) is 2.17. The minimum Gasteiger partial charge on any atom is -0.337 e. The molecule has 0 N–H and O–H groups in total. The van der Waals surface area contributed by atoms with Crippen LogP contribution in [0.1, 0.15) is 23.8 Å². The van der Waals surface area contributed by atoms with Crippen LogP contribution in [-0.2, 0) is 17.8 Å². The van der Waals surface area contributed by atoms with Crippen molar-refractivity contribution in [3.8, 4) is 0 Å². The summed E-state index contributed by atoms with van der Waals surface area (Å²) in [4.78, 5) is 18.1. The monoisotopic (exact) mass is 312 g/mol. The van der Waals surface area contributed by atoms with Gasteiger partial charge < -0.3 is 9.80 Å². The molecule has 1 aliphatic rings. The molecule has 1 aliphatic heterocycles. The van der Waals surface area contributed by atoms with E-state index in [1.165, 1.54) is 10.4 Å². The van der Waals surface area contributed by atoms with Crippen LogP contribution in [-0.4, -0.2) is 53.9 Å². The molecule has 3 nitrogen and oxygen atoms in total. The first-order valence-corrected chi connectivity index (χ1v) is 9.11. The Balaban J connectivity index is 1.77. The third kappa shape index (κ3) is 4.24. The van der Waals surface area contributed by atoms with E-state index in [9.17, 15) is 4.79 Å². The molecule has 0 saturated heterocycles. The van der Waals surface area contributed by atoms with Crippen molar-refractivity contribution in [2.24, 2.45) is 0 Å². The lowest BCUT2D eigenvalue weighted by Crippen LogP contribution is -2.39. The molecule has 0 radical (unpaired) electrons. The van der Waals surface area contributed by atoms with E-state index in [-0.39, 0.29) is 5.25 Å². The van der Waals surface area contributed by atoms with E-state index in [1.54, 1.807) is 11.8 Å². The SMILES string of the molecule is C[C@@H](SCCCN(C)C)C(=O)N1CCc2sccc2C1. The molecule has 0 aliphatic carbocycles. The van der Waals surface area contributed by atoms with Crippen LogP contribution in [0.2, 0.25) is 0 Å². The Morgan fingerprint density at radius 1 is 1.55 bits per heavy atom. The van der Waals surface area contributed by atoms with Gasteiger partial charge in [0.2, 0.25) is 5.91 Å². The summed E-state index contributed by atoms with van der Waals surface area (Å²) in [5.74, 6) is 1.36. The van der Waals surface area contributed by atoms with Crippen molar-refractivity contribution >= 4 is 29.0 Å². The van der Waals surface area contributed by atoms with Gasteiger partial charge in [0.25, 0.3) is 0 Å². The lowest BCUT2D eigenvalue weighted by atomic mass is 10.1. The van der Waals surface area contributed by atoms with Crippen LogP contribution in [0, 0.1) is 0 Å². The second kappa shape index (κ2) is 7.48. The topological polar surface area (TPSA) is 23.6 Å². The number of carbonyl (C=O) groups is 1. The molecule has 5 heteroatoms. The maximum atomic E-state index is 12.5. The lowest BCUT2D eigenvalue weighted by molar-refractivity contribution is -0.131. The van der Waals surface area contributed by atoms with E-state index in [0.29, 0.717) is 5.91 Å². The zero-order valence-electron chi connectivity index (χ0n) is 12.6. The van der Waals surface area contributed by atoms with Crippen LogP contribution in [0.5, 0.6) is 0 Å². The number of fused-ring (bicyclic) bond motifs is 1. The van der Waals surface area contributed by atoms with Crippen LogP contribution in [0.4, 0.5) is 0 Å². The van der Waals surface area contributed by atoms with E-state index in [2.05, 4.69) is 30.4 Å². The van der Waals surface area contributed by atoms with Crippen molar-refractivity contribution in [3.05, 3.63) is 21.9 Å². The highest BCUT2D eigenvalue weighted by atomic mass is 32.2. The molecule has 20 heavy (non-hydrogen) atoms. The van der Waals surface area contributed by atoms with E-state index < -0.39 is 0 Å². The third-order valence-electron chi connectivity index (χ3n) is 3.58. The van der Waals surface area contributed by atoms with Crippen LogP contribution in [0.25, 0.3) is 0 Å². The molecule has 0 aromatic carbocycles. The normalized spacial score (nSPS) is 16.3. The smallest absolute Gasteiger partial charge is 0.235 e. The minimum atomic E-state index is 0.0809. The van der Waals surface area contributed by atoms with Crippen LogP contribution >= 0.6 is 23.1 Å². The number of rotatable bonds is 6. The second-order valence-electron chi connectivity index (χ2n) is 5.55. The third-order valence-corrected chi connectivity index (χ3v) is 5.83. The lowest BCUT2D eigenvalue weighted by Gasteiger charge is -2.29. The molecule has 1 amide bonds. The van der Waals surface area contributed by atoms with Crippen molar-refractivity contribution in [1.29, 1.82) is 0 Å². The quantitative estimate of drug-likeness (QED) is 0.755. The van der Waals surface area contributed by atoms with Gasteiger partial charge in [-0.3, -0.25) is 4.79 Å². The molecule has 1 aromatic rings. The maximum absolute atomic E-state index is 12.5. The average Bonchev–Trinajstić information content (AvgIpc) is 2.89. The summed E-state index contributed by atoms with van der Waals surface area (Å²) in [6.45, 7) is 4.83. The van der Waals surface area contributed by atoms with E-state index in [0.717, 1.165) is 38.2 Å². The predicted octanol–water partition coefficient (Wildman–Crippen LogP) is 2.71. The first kappa shape index (κ1) is 15.9. The molecule has 0 saturated carbocycles. The van der Waals surface area contributed by atoms with Crippen molar-refractivity contribution in [2.75, 3.05) is 32.9 Å². The number of carbonyl (C=O) groups excluding carboxylic acids is 1. The molecule has 0 unspecified atom stereocenters. The molecule has 112 valence electrons. The van der Waals surface area contributed by atoms with Gasteiger partial charge >= 0.3 is 0 Å². The Morgan fingerprint density at radius 2 is 2.35 bits per heavy atom. The van der Waals surface area contributed by atoms with Crippen LogP contribution in [0.15, 0.2) is 11.4 Å². The zero-order valence-corrected chi connectivity index (χ0v) is 14.2. The molecule has 1 aromatic heterocycles. The standard InChI is InChI=1S/C15H24N2OS2/c1-12(19-9-4-7-16(2)3)15(18)17-8-5-14-13(11-17)6-10-20-14/h6,10,12H,4-5,7-9,11H2,1-3H3/t12-/m1/s1. The van der Waals surface area contributed by atoms with E-state index in [4.69, 9.17) is 0 Å². The Morgan fingerprint density at radius 3 is 3.10 bits per heavy atom. The van der Waals surface area contributed by atoms with Gasteiger partial charge in [0.05, 0.1) is 5.25 Å². The highest BCUT2D eigenvalue weighted by Crippen LogP contribution is 2.25. The second-order valence-corrected chi connectivity index (χ2v) is 8.00. The fourth-order valence-electron chi connectivity index (χ4n) is 2.41. The fourth-order valence-corrected chi connectivity index (χ4v) is 4.24. The number of amides is 1. The van der Waals surface area contributed by atoms with Crippen molar-refractivity contribution in [3.63, 3.8) is 0 Å². The van der Waals surface area contributed by atoms with E-state index in [1.807, 2.05) is 23.2 Å². The first-order chi connectivity index (χ1) is 9.58. The molecule has 2 rings (SSSR count). The number of thioether (sulfide) groups is 1. The molecule has 0 spiro atoms. The van der Waals surface area contributed by atoms with Gasteiger partial charge in [0, 0.05) is 18.0 Å². The van der Waals surface area contributed by atoms with Gasteiger partial charge in [0.15, 0.2) is 0 Å². The van der Waals surface area contributed by atoms with Gasteiger partial charge in [-0.2, -0.15) is 0 Å². The number of hydrogen-bond acceptors (Lipinski definition) is 4. The molecular formula is C15H24N2OS2. The van der Waals surface area contributed by atoms with E-state index >= 15 is 0 Å². The van der Waals surface area contributed by atoms with Gasteiger partial charge in [-0.15, -0.1) is 23.1 Å². The Kier molecular flexibility index (Phi) is 5.93. The van der Waals surface area contributed by atoms with Gasteiger partial charge in [-0.25, -0.2) is 0 Å². The number of hydrogen-bond donors (Lipinski definition) is 0. The van der Waals surface area contributed by atoms with Crippen LogP contribution in [0.3, 0.4) is 0 Å². The summed E-state index contributed by atoms with van der Waals surface area (Å²) in [6, 6.07) is 2.16. The summed E-state index contributed by atoms with van der Waals surface area (Å²) >= 11 is 3.61. The molecule has 1 atom stereocenters. The van der Waals surface area contributed by atoms with Gasteiger partial charge in [-0.05, 0) is 63.2 Å². The van der Waals surface area contributed by atoms with Crippen molar-refractivity contribution < 1.29 is 4.79 Å². The molecule has 0 bridgehead atoms. The van der Waals surface area contributed by atoms with Gasteiger partial charge in [-0.1, -0.05) is 0 Å². The molecular weight excluding hydrogens is 288 g/mol. The highest BCUT2D eigenvalue weighted by Gasteiger charge is 2.25. The number of nitrogens with zero attached hydrogens (tertiary/aromatic N) is 2. The summed E-state index contributed by atoms with van der Waals surface area (Å²) in [7, 11) is 4.18. The summed E-state index contributed by atoms with van der Waals surface area (Å²) in [5, 5.41) is 2.22. The van der Waals surface area contributed by atoms with Crippen molar-refractivity contribution in [2.45, 2.75) is 31.6 Å². The molecule has 0 fully saturated rings. The largest absolute Gasteiger partial charge is 0.337 e. The Bertz CT molecular complexity index is 445. The van der Waals surface area contributed by atoms with Crippen LogP contribution < -0.4 is 0 Å². The Labute approximate surface area is 130 Å². The van der Waals surface area contributed by atoms with Gasteiger partial charge in [0.1, 0.15) is 0 Å². The highest BCUT2D eigenvalue weighted by molar-refractivity contribution is 8.00. The maximum Gasteiger partial charge on any atom is 0.235 e. The summed E-state index contributed by atoms with van der Waals surface area (Å²) < 4.78 is 0. The number of thiophene rings is 1. The summed E-state index contributed by atoms with van der Waals surface area (Å²) in [5.41, 5.74) is 1.35. The fraction of sp³-hybridized carbons (Fsp3) is 0.667. The average molecular weight is 313 g/mol. The first-order valence-electron chi connectivity index (χ1n) is 7.18. The molecule has 2 heterocycles. The van der Waals surface area contributed by atoms with Crippen molar-refractivity contribution in [1.82, 2.24) is 9.80 Å². The Hall–Kier alpha value is -0.520. The minimum absolute atomic E-state index is 0.0809.